The molecule has 0 aromatic heterocycles. The van der Waals surface area contributed by atoms with E-state index in [0.29, 0.717) is 17.4 Å². The van der Waals surface area contributed by atoms with Gasteiger partial charge in [-0.1, -0.05) is 38.3 Å². The Morgan fingerprint density at radius 3 is 2.12 bits per heavy atom. The van der Waals surface area contributed by atoms with Gasteiger partial charge in [-0.05, 0) is 32.1 Å². The minimum Gasteiger partial charge on any atom is -0.550 e. The Bertz CT molecular complexity index is 399. The summed E-state index contributed by atoms with van der Waals surface area (Å²) in [6.45, 7) is 2.67. The molecule has 0 saturated heterocycles. The molecule has 5 heteroatoms. The summed E-state index contributed by atoms with van der Waals surface area (Å²) in [5.41, 5.74) is 0. The number of likely N-dealkylation sites (N-methyl/N-ethyl adjacent to an activating group) is 1. The van der Waals surface area contributed by atoms with E-state index in [1.165, 1.54) is 25.7 Å². The average molecular weight is 356 g/mol. The second-order valence-corrected chi connectivity index (χ2v) is 7.73. The summed E-state index contributed by atoms with van der Waals surface area (Å²) in [6.07, 6.45) is 12.8. The fraction of sp³-hybridized carbons (Fsp3) is 0.800. The molecule has 0 aliphatic rings. The Kier molecular flexibility index (Phi) is 13.1. The van der Waals surface area contributed by atoms with Crippen molar-refractivity contribution in [2.45, 2.75) is 77.2 Å². The van der Waals surface area contributed by atoms with E-state index in [4.69, 9.17) is 4.74 Å². The second kappa shape index (κ2) is 13.9. The van der Waals surface area contributed by atoms with Gasteiger partial charge < -0.3 is 19.1 Å². The van der Waals surface area contributed by atoms with Crippen molar-refractivity contribution < 1.29 is 23.9 Å². The molecule has 0 radical (unpaired) electrons. The first-order valence-corrected chi connectivity index (χ1v) is 9.59. The van der Waals surface area contributed by atoms with Crippen LogP contribution in [0.2, 0.25) is 0 Å². The smallest absolute Gasteiger partial charge is 0.306 e. The second-order valence-electron chi connectivity index (χ2n) is 7.73. The first-order valence-electron chi connectivity index (χ1n) is 9.59. The maximum Gasteiger partial charge on any atom is 0.306 e. The van der Waals surface area contributed by atoms with Crippen LogP contribution in [0.3, 0.4) is 0 Å². The molecule has 0 aliphatic carbocycles. The van der Waals surface area contributed by atoms with Gasteiger partial charge in [-0.2, -0.15) is 0 Å². The average Bonchev–Trinajstić information content (AvgIpc) is 2.46. The van der Waals surface area contributed by atoms with Crippen LogP contribution in [0.5, 0.6) is 0 Å². The van der Waals surface area contributed by atoms with Gasteiger partial charge in [-0.3, -0.25) is 4.79 Å². The summed E-state index contributed by atoms with van der Waals surface area (Å²) >= 11 is 0. The molecule has 1 unspecified atom stereocenters. The van der Waals surface area contributed by atoms with Crippen molar-refractivity contribution in [2.75, 3.05) is 27.7 Å². The maximum atomic E-state index is 11.9. The molecule has 0 heterocycles. The number of allylic oxidation sites excluding steroid dienone is 2. The van der Waals surface area contributed by atoms with E-state index >= 15 is 0 Å². The fourth-order valence-corrected chi connectivity index (χ4v) is 2.64. The third-order valence-corrected chi connectivity index (χ3v) is 3.84. The van der Waals surface area contributed by atoms with Crippen LogP contribution in [0.15, 0.2) is 12.2 Å². The number of ether oxygens (including phenoxy) is 1. The largest absolute Gasteiger partial charge is 0.550 e. The highest BCUT2D eigenvalue weighted by Gasteiger charge is 2.22. The van der Waals surface area contributed by atoms with Gasteiger partial charge in [0.25, 0.3) is 0 Å². The molecule has 0 aromatic rings. The first kappa shape index (κ1) is 23.6. The lowest BCUT2D eigenvalue weighted by Gasteiger charge is -2.29. The lowest BCUT2D eigenvalue weighted by atomic mass is 10.1. The molecule has 0 bridgehead atoms. The summed E-state index contributed by atoms with van der Waals surface area (Å²) in [6, 6.07) is 0. The van der Waals surface area contributed by atoms with Crippen LogP contribution in [0, 0.1) is 0 Å². The number of carboxylic acid groups (broad SMARTS) is 1. The van der Waals surface area contributed by atoms with Crippen molar-refractivity contribution in [3.63, 3.8) is 0 Å². The quantitative estimate of drug-likeness (QED) is 0.196. The summed E-state index contributed by atoms with van der Waals surface area (Å²) in [4.78, 5) is 22.7. The molecule has 0 saturated carbocycles. The topological polar surface area (TPSA) is 66.4 Å². The number of unbranched alkanes of at least 4 members (excludes halogenated alkanes) is 6. The molecule has 1 atom stereocenters. The number of esters is 1. The van der Waals surface area contributed by atoms with Gasteiger partial charge >= 0.3 is 5.97 Å². The Balaban J connectivity index is 3.88. The first-order chi connectivity index (χ1) is 11.7. The minimum atomic E-state index is -1.18. The summed E-state index contributed by atoms with van der Waals surface area (Å²) < 4.78 is 5.86. The number of rotatable bonds is 15. The highest BCUT2D eigenvalue weighted by atomic mass is 16.5. The summed E-state index contributed by atoms with van der Waals surface area (Å²) in [7, 11) is 5.81. The molecule has 25 heavy (non-hydrogen) atoms. The number of carbonyl (C=O) groups excluding carboxylic acids is 2. The molecule has 0 fully saturated rings. The van der Waals surface area contributed by atoms with E-state index < -0.39 is 12.1 Å². The van der Waals surface area contributed by atoms with Crippen LogP contribution in [0.4, 0.5) is 0 Å². The van der Waals surface area contributed by atoms with Crippen molar-refractivity contribution in [1.82, 2.24) is 0 Å². The molecule has 0 aromatic carbocycles. The normalized spacial score (nSPS) is 13.1. The van der Waals surface area contributed by atoms with Gasteiger partial charge in [0.05, 0.1) is 21.1 Å². The van der Waals surface area contributed by atoms with Crippen molar-refractivity contribution in [1.29, 1.82) is 0 Å². The molecular weight excluding hydrogens is 318 g/mol. The zero-order valence-electron chi connectivity index (χ0n) is 16.6. The van der Waals surface area contributed by atoms with Crippen LogP contribution in [-0.4, -0.2) is 50.2 Å². The molecule has 0 amide bonds. The maximum absolute atomic E-state index is 11.9. The number of carbonyl (C=O) groups is 2. The number of nitrogens with zero attached hydrogens (tertiary/aromatic N) is 1. The van der Waals surface area contributed by atoms with Crippen molar-refractivity contribution >= 4 is 11.9 Å². The fourth-order valence-electron chi connectivity index (χ4n) is 2.64. The van der Waals surface area contributed by atoms with Crippen LogP contribution >= 0.6 is 0 Å². The van der Waals surface area contributed by atoms with Gasteiger partial charge in [0.15, 0.2) is 6.10 Å². The van der Waals surface area contributed by atoms with E-state index in [9.17, 15) is 14.7 Å². The van der Waals surface area contributed by atoms with Gasteiger partial charge in [-0.15, -0.1) is 0 Å². The number of hydrogen-bond acceptors (Lipinski definition) is 4. The van der Waals surface area contributed by atoms with E-state index in [0.717, 1.165) is 25.7 Å². The van der Waals surface area contributed by atoms with E-state index in [1.54, 1.807) is 0 Å². The van der Waals surface area contributed by atoms with Crippen LogP contribution in [0.1, 0.15) is 71.1 Å². The number of carboxylic acids is 1. The van der Waals surface area contributed by atoms with Crippen molar-refractivity contribution in [2.24, 2.45) is 0 Å². The minimum absolute atomic E-state index is 0.248. The Morgan fingerprint density at radius 2 is 1.60 bits per heavy atom. The Labute approximate surface area is 153 Å². The third kappa shape index (κ3) is 17.3. The summed E-state index contributed by atoms with van der Waals surface area (Å²) in [5.74, 6) is -1.50. The number of quaternary nitrogens is 1. The lowest BCUT2D eigenvalue weighted by Crippen LogP contribution is -2.45. The van der Waals surface area contributed by atoms with Crippen LogP contribution in [-0.2, 0) is 14.3 Å². The Hall–Kier alpha value is -1.36. The molecule has 0 spiro atoms. The molecule has 0 N–H and O–H groups in total. The van der Waals surface area contributed by atoms with E-state index in [-0.39, 0.29) is 12.4 Å². The van der Waals surface area contributed by atoms with E-state index in [2.05, 4.69) is 19.1 Å². The third-order valence-electron chi connectivity index (χ3n) is 3.84. The van der Waals surface area contributed by atoms with Gasteiger partial charge in [0.2, 0.25) is 0 Å². The van der Waals surface area contributed by atoms with Crippen molar-refractivity contribution in [3.8, 4) is 0 Å². The highest BCUT2D eigenvalue weighted by molar-refractivity contribution is 5.70. The standard InChI is InChI=1S/C20H37NO4/c1-5-6-7-8-9-10-11-12-13-14-15-20(24)25-18(16-19(22)23)17-21(2,3)4/h10-11,18H,5-9,12-17H2,1-4H3/b11-10+. The van der Waals surface area contributed by atoms with Gasteiger partial charge in [0, 0.05) is 18.8 Å². The van der Waals surface area contributed by atoms with Gasteiger partial charge in [-0.25, -0.2) is 0 Å². The summed E-state index contributed by atoms with van der Waals surface area (Å²) in [5, 5.41) is 10.8. The zero-order chi connectivity index (χ0) is 19.1. The van der Waals surface area contributed by atoms with Crippen molar-refractivity contribution in [3.05, 3.63) is 12.2 Å². The zero-order valence-corrected chi connectivity index (χ0v) is 16.6. The molecule has 146 valence electrons. The monoisotopic (exact) mass is 355 g/mol. The predicted octanol–water partition coefficient (Wildman–Crippen LogP) is 2.83. The molecule has 0 aliphatic heterocycles. The number of hydrogen-bond donors (Lipinski definition) is 0. The highest BCUT2D eigenvalue weighted by Crippen LogP contribution is 2.09. The SMILES string of the molecule is CCCCCC/C=C/CCCCC(=O)OC(CC(=O)[O-])C[N+](C)(C)C. The lowest BCUT2D eigenvalue weighted by molar-refractivity contribution is -0.873. The number of aliphatic carboxylic acids is 1. The van der Waals surface area contributed by atoms with E-state index in [1.807, 2.05) is 21.1 Å². The van der Waals surface area contributed by atoms with Crippen LogP contribution < -0.4 is 5.11 Å². The molecule has 5 nitrogen and oxygen atoms in total. The molecular formula is C20H37NO4. The Morgan fingerprint density at radius 1 is 1.00 bits per heavy atom. The van der Waals surface area contributed by atoms with Gasteiger partial charge in [0.1, 0.15) is 6.54 Å². The predicted molar refractivity (Wildman–Crippen MR) is 98.8 cm³/mol. The van der Waals surface area contributed by atoms with Crippen LogP contribution in [0.25, 0.3) is 0 Å². The molecule has 0 rings (SSSR count).